The van der Waals surface area contributed by atoms with Crippen molar-refractivity contribution < 1.29 is 19.1 Å². The maximum Gasteiger partial charge on any atom is 0.313 e. The highest BCUT2D eigenvalue weighted by Crippen LogP contribution is 2.14. The molecule has 1 aromatic carbocycles. The summed E-state index contributed by atoms with van der Waals surface area (Å²) in [4.78, 5) is 21.2. The molecule has 0 atom stereocenters. The highest BCUT2D eigenvalue weighted by molar-refractivity contribution is 5.74. The molecule has 16 heavy (non-hydrogen) atoms. The molecule has 0 saturated carbocycles. The second-order valence-corrected chi connectivity index (χ2v) is 3.63. The van der Waals surface area contributed by atoms with E-state index in [9.17, 15) is 9.59 Å². The lowest BCUT2D eigenvalue weighted by molar-refractivity contribution is -0.137. The average molecular weight is 222 g/mol. The summed E-state index contributed by atoms with van der Waals surface area (Å²) in [7, 11) is 0. The molecule has 1 aromatic rings. The number of benzene rings is 1. The van der Waals surface area contributed by atoms with Gasteiger partial charge in [0.25, 0.3) is 6.47 Å². The highest BCUT2D eigenvalue weighted by atomic mass is 16.5. The van der Waals surface area contributed by atoms with Crippen molar-refractivity contribution in [2.45, 2.75) is 20.5 Å². The van der Waals surface area contributed by atoms with Crippen LogP contribution in [0, 0.1) is 5.92 Å². The van der Waals surface area contributed by atoms with E-state index in [0.29, 0.717) is 12.2 Å². The van der Waals surface area contributed by atoms with Crippen LogP contribution in [0.25, 0.3) is 0 Å². The van der Waals surface area contributed by atoms with E-state index < -0.39 is 0 Å². The molecular weight excluding hydrogens is 208 g/mol. The van der Waals surface area contributed by atoms with Crippen molar-refractivity contribution in [1.82, 2.24) is 0 Å². The molecule has 0 N–H and O–H groups in total. The topological polar surface area (TPSA) is 52.6 Å². The summed E-state index contributed by atoms with van der Waals surface area (Å²) in [6.07, 6.45) is 0. The largest absolute Gasteiger partial charge is 0.463 e. The Labute approximate surface area is 94.2 Å². The minimum atomic E-state index is -0.267. The van der Waals surface area contributed by atoms with Gasteiger partial charge in [-0.05, 0) is 17.7 Å². The van der Waals surface area contributed by atoms with Crippen LogP contribution in [-0.4, -0.2) is 12.4 Å². The first-order valence-corrected chi connectivity index (χ1v) is 4.99. The Bertz CT molecular complexity index is 354. The van der Waals surface area contributed by atoms with Gasteiger partial charge in [-0.3, -0.25) is 9.59 Å². The summed E-state index contributed by atoms with van der Waals surface area (Å²) in [5.41, 5.74) is 0.844. The zero-order valence-corrected chi connectivity index (χ0v) is 9.30. The minimum absolute atomic E-state index is 0.155. The monoisotopic (exact) mass is 222 g/mol. The van der Waals surface area contributed by atoms with Gasteiger partial charge in [0.1, 0.15) is 12.4 Å². The van der Waals surface area contributed by atoms with Crippen molar-refractivity contribution in [2.75, 3.05) is 0 Å². The Morgan fingerprint density at radius 2 is 1.94 bits per heavy atom. The first-order chi connectivity index (χ1) is 7.63. The molecule has 0 aromatic heterocycles. The molecule has 0 unspecified atom stereocenters. The van der Waals surface area contributed by atoms with Crippen LogP contribution in [0.4, 0.5) is 0 Å². The average Bonchev–Trinajstić information content (AvgIpc) is 2.28. The Balaban J connectivity index is 2.57. The molecule has 4 nitrogen and oxygen atoms in total. The van der Waals surface area contributed by atoms with E-state index in [1.165, 1.54) is 0 Å². The molecule has 0 heterocycles. The van der Waals surface area contributed by atoms with E-state index in [4.69, 9.17) is 4.74 Å². The molecule has 0 radical (unpaired) electrons. The van der Waals surface area contributed by atoms with Crippen molar-refractivity contribution in [3.8, 4) is 5.75 Å². The van der Waals surface area contributed by atoms with Gasteiger partial charge in [-0.2, -0.15) is 0 Å². The Morgan fingerprint density at radius 3 is 2.44 bits per heavy atom. The van der Waals surface area contributed by atoms with Crippen LogP contribution in [0.1, 0.15) is 19.4 Å². The number of ether oxygens (including phenoxy) is 2. The molecule has 0 aliphatic carbocycles. The fourth-order valence-corrected chi connectivity index (χ4v) is 1.02. The highest BCUT2D eigenvalue weighted by Gasteiger charge is 2.09. The van der Waals surface area contributed by atoms with Gasteiger partial charge in [-0.15, -0.1) is 0 Å². The molecule has 4 heteroatoms. The maximum absolute atomic E-state index is 11.3. The maximum atomic E-state index is 11.3. The minimum Gasteiger partial charge on any atom is -0.463 e. The summed E-state index contributed by atoms with van der Waals surface area (Å²) in [6.45, 7) is 4.16. The molecule has 0 fully saturated rings. The summed E-state index contributed by atoms with van der Waals surface area (Å²) < 4.78 is 9.68. The van der Waals surface area contributed by atoms with E-state index in [1.807, 2.05) is 0 Å². The van der Waals surface area contributed by atoms with Crippen molar-refractivity contribution in [1.29, 1.82) is 0 Å². The molecule has 86 valence electrons. The normalized spacial score (nSPS) is 9.94. The lowest BCUT2D eigenvalue weighted by atomic mass is 10.2. The molecule has 0 aliphatic rings. The van der Waals surface area contributed by atoms with E-state index in [0.717, 1.165) is 5.56 Å². The third-order valence-electron chi connectivity index (χ3n) is 1.93. The van der Waals surface area contributed by atoms with E-state index >= 15 is 0 Å². The number of carbonyl (C=O) groups excluding carboxylic acids is 2. The van der Waals surface area contributed by atoms with Gasteiger partial charge in [0, 0.05) is 0 Å². The molecule has 0 aliphatic heterocycles. The summed E-state index contributed by atoms with van der Waals surface area (Å²) >= 11 is 0. The van der Waals surface area contributed by atoms with Crippen LogP contribution in [0.3, 0.4) is 0 Å². The third kappa shape index (κ3) is 3.73. The van der Waals surface area contributed by atoms with Gasteiger partial charge >= 0.3 is 5.97 Å². The summed E-state index contributed by atoms with van der Waals surface area (Å²) in [5, 5.41) is 0. The number of rotatable bonds is 5. The van der Waals surface area contributed by atoms with Crippen LogP contribution in [0.15, 0.2) is 24.3 Å². The van der Waals surface area contributed by atoms with Gasteiger partial charge in [0.15, 0.2) is 0 Å². The van der Waals surface area contributed by atoms with Crippen LogP contribution in [0.5, 0.6) is 5.75 Å². The van der Waals surface area contributed by atoms with Gasteiger partial charge in [0.2, 0.25) is 0 Å². The fourth-order valence-electron chi connectivity index (χ4n) is 1.02. The van der Waals surface area contributed by atoms with Crippen LogP contribution in [0.2, 0.25) is 0 Å². The smallest absolute Gasteiger partial charge is 0.313 e. The zero-order valence-electron chi connectivity index (χ0n) is 9.30. The predicted octanol–water partition coefficient (Wildman–Crippen LogP) is 1.92. The standard InChI is InChI=1S/C12H14O4/c1-9(2)12(14)16-11-5-3-10(4-6-11)7-15-8-13/h3-6,8-9H,7H2,1-2H3. The van der Waals surface area contributed by atoms with Crippen LogP contribution >= 0.6 is 0 Å². The summed E-state index contributed by atoms with van der Waals surface area (Å²) in [5.74, 6) is 0.0727. The third-order valence-corrected chi connectivity index (χ3v) is 1.93. The predicted molar refractivity (Wildman–Crippen MR) is 57.8 cm³/mol. The first-order valence-electron chi connectivity index (χ1n) is 4.99. The molecule has 0 spiro atoms. The fraction of sp³-hybridized carbons (Fsp3) is 0.333. The summed E-state index contributed by atoms with van der Waals surface area (Å²) in [6, 6.07) is 6.83. The lowest BCUT2D eigenvalue weighted by Gasteiger charge is -2.07. The van der Waals surface area contributed by atoms with Gasteiger partial charge in [-0.25, -0.2) is 0 Å². The SMILES string of the molecule is CC(C)C(=O)Oc1ccc(COC=O)cc1. The van der Waals surface area contributed by atoms with E-state index in [-0.39, 0.29) is 18.5 Å². The molecule has 1 rings (SSSR count). The Morgan fingerprint density at radius 1 is 1.31 bits per heavy atom. The first kappa shape index (κ1) is 12.2. The Hall–Kier alpha value is -1.84. The van der Waals surface area contributed by atoms with Gasteiger partial charge in [0.05, 0.1) is 5.92 Å². The quantitative estimate of drug-likeness (QED) is 0.434. The van der Waals surface area contributed by atoms with Crippen molar-refractivity contribution in [3.05, 3.63) is 29.8 Å². The zero-order chi connectivity index (χ0) is 12.0. The molecule has 0 saturated heterocycles. The number of hydrogen-bond donors (Lipinski definition) is 0. The van der Waals surface area contributed by atoms with Crippen molar-refractivity contribution in [2.24, 2.45) is 5.92 Å². The van der Waals surface area contributed by atoms with Crippen molar-refractivity contribution in [3.63, 3.8) is 0 Å². The van der Waals surface area contributed by atoms with Crippen LogP contribution in [-0.2, 0) is 20.9 Å². The number of hydrogen-bond acceptors (Lipinski definition) is 4. The molecule has 0 bridgehead atoms. The van der Waals surface area contributed by atoms with Crippen LogP contribution < -0.4 is 4.74 Å². The number of carbonyl (C=O) groups is 2. The van der Waals surface area contributed by atoms with Crippen molar-refractivity contribution >= 4 is 12.4 Å². The second-order valence-electron chi connectivity index (χ2n) is 3.63. The number of esters is 1. The Kier molecular flexibility index (Phi) is 4.51. The van der Waals surface area contributed by atoms with E-state index in [1.54, 1.807) is 38.1 Å². The van der Waals surface area contributed by atoms with Gasteiger partial charge < -0.3 is 9.47 Å². The van der Waals surface area contributed by atoms with E-state index in [2.05, 4.69) is 4.74 Å². The molecule has 0 amide bonds. The molecular formula is C12H14O4. The second kappa shape index (κ2) is 5.90. The lowest BCUT2D eigenvalue weighted by Crippen LogP contribution is -2.14. The van der Waals surface area contributed by atoms with Gasteiger partial charge in [-0.1, -0.05) is 26.0 Å².